The fraction of sp³-hybridized carbons (Fsp3) is 0.800. The maximum Gasteiger partial charge on any atom is 0.322 e. The Morgan fingerprint density at radius 3 is 2.67 bits per heavy atom. The third-order valence-corrected chi connectivity index (χ3v) is 1.88. The van der Waals surface area contributed by atoms with Crippen molar-refractivity contribution in [2.24, 2.45) is 0 Å². The molecule has 1 atom stereocenters. The molecule has 3 nitrogen and oxygen atoms in total. The van der Waals surface area contributed by atoms with Gasteiger partial charge in [-0.25, -0.2) is 4.42 Å². The number of carboxylic acid groups (broad SMARTS) is 1. The van der Waals surface area contributed by atoms with Crippen LogP contribution in [0.1, 0.15) is 12.8 Å². The van der Waals surface area contributed by atoms with Gasteiger partial charge in [0.05, 0.1) is 0 Å². The molecule has 1 N–H and O–H groups in total. The SMILES string of the molecule is O=C(O)[C@@H]1CCCN1Cl. The summed E-state index contributed by atoms with van der Waals surface area (Å²) in [6.45, 7) is 0.693. The Morgan fingerprint density at radius 2 is 2.44 bits per heavy atom. The van der Waals surface area contributed by atoms with Gasteiger partial charge in [0.15, 0.2) is 0 Å². The van der Waals surface area contributed by atoms with E-state index >= 15 is 0 Å². The van der Waals surface area contributed by atoms with Gasteiger partial charge >= 0.3 is 5.97 Å². The van der Waals surface area contributed by atoms with Crippen LogP contribution in [0.5, 0.6) is 0 Å². The first-order valence-corrected chi connectivity index (χ1v) is 3.21. The van der Waals surface area contributed by atoms with Gasteiger partial charge < -0.3 is 5.11 Å². The highest BCUT2D eigenvalue weighted by Crippen LogP contribution is 2.18. The number of aliphatic carboxylic acids is 1. The summed E-state index contributed by atoms with van der Waals surface area (Å²) in [5.74, 6) is -0.817. The van der Waals surface area contributed by atoms with Crippen molar-refractivity contribution in [1.29, 1.82) is 0 Å². The standard InChI is InChI=1S/C5H8ClNO2/c6-7-3-1-2-4(7)5(8)9/h4H,1-3H2,(H,8,9)/t4-/m0/s1. The lowest BCUT2D eigenvalue weighted by molar-refractivity contribution is -0.140. The number of rotatable bonds is 1. The van der Waals surface area contributed by atoms with Crippen LogP contribution < -0.4 is 0 Å². The van der Waals surface area contributed by atoms with Crippen LogP contribution in [0.4, 0.5) is 0 Å². The van der Waals surface area contributed by atoms with Crippen LogP contribution >= 0.6 is 11.8 Å². The van der Waals surface area contributed by atoms with E-state index in [-0.39, 0.29) is 0 Å². The monoisotopic (exact) mass is 149 g/mol. The number of hydrogen-bond donors (Lipinski definition) is 1. The molecule has 0 amide bonds. The number of carbonyl (C=O) groups is 1. The first-order chi connectivity index (χ1) is 4.22. The molecule has 1 saturated heterocycles. The van der Waals surface area contributed by atoms with Gasteiger partial charge in [-0.15, -0.1) is 0 Å². The summed E-state index contributed by atoms with van der Waals surface area (Å²) in [6, 6.07) is -0.452. The van der Waals surface area contributed by atoms with Crippen molar-refractivity contribution in [3.8, 4) is 0 Å². The van der Waals surface area contributed by atoms with Crippen molar-refractivity contribution in [3.05, 3.63) is 0 Å². The van der Waals surface area contributed by atoms with Gasteiger partial charge in [0, 0.05) is 6.54 Å². The second kappa shape index (κ2) is 2.54. The number of hydrogen-bond acceptors (Lipinski definition) is 2. The quantitative estimate of drug-likeness (QED) is 0.558. The summed E-state index contributed by atoms with van der Waals surface area (Å²) in [5.41, 5.74) is 0. The molecule has 9 heavy (non-hydrogen) atoms. The molecule has 0 aromatic heterocycles. The normalized spacial score (nSPS) is 28.8. The molecule has 0 aromatic carbocycles. The van der Waals surface area contributed by atoms with Gasteiger partial charge in [0.25, 0.3) is 0 Å². The highest BCUT2D eigenvalue weighted by atomic mass is 35.5. The molecule has 1 heterocycles. The third-order valence-electron chi connectivity index (χ3n) is 1.47. The van der Waals surface area contributed by atoms with E-state index in [1.807, 2.05) is 0 Å². The smallest absolute Gasteiger partial charge is 0.322 e. The Labute approximate surface area is 58.3 Å². The predicted octanol–water partition coefficient (Wildman–Crippen LogP) is 0.689. The van der Waals surface area contributed by atoms with Crippen molar-refractivity contribution in [3.63, 3.8) is 0 Å². The van der Waals surface area contributed by atoms with Gasteiger partial charge in [-0.3, -0.25) is 4.79 Å². The summed E-state index contributed by atoms with van der Waals surface area (Å²) >= 11 is 5.53. The van der Waals surface area contributed by atoms with E-state index in [9.17, 15) is 4.79 Å². The Bertz CT molecular complexity index is 128. The van der Waals surface area contributed by atoms with Gasteiger partial charge in [0.2, 0.25) is 0 Å². The molecular weight excluding hydrogens is 142 g/mol. The summed E-state index contributed by atoms with van der Waals surface area (Å²) < 4.78 is 1.35. The number of carboxylic acids is 1. The molecule has 0 aromatic rings. The minimum Gasteiger partial charge on any atom is -0.480 e. The van der Waals surface area contributed by atoms with Crippen LogP contribution in [0.3, 0.4) is 0 Å². The van der Waals surface area contributed by atoms with E-state index in [1.165, 1.54) is 4.42 Å². The van der Waals surface area contributed by atoms with E-state index in [2.05, 4.69) is 0 Å². The molecule has 0 bridgehead atoms. The summed E-state index contributed by atoms with van der Waals surface area (Å²) in [7, 11) is 0. The van der Waals surface area contributed by atoms with Crippen molar-refractivity contribution in [2.45, 2.75) is 18.9 Å². The Kier molecular flexibility index (Phi) is 1.93. The Morgan fingerprint density at radius 1 is 1.78 bits per heavy atom. The molecule has 0 spiro atoms. The molecule has 0 radical (unpaired) electrons. The predicted molar refractivity (Wildman–Crippen MR) is 33.2 cm³/mol. The maximum atomic E-state index is 10.3. The van der Waals surface area contributed by atoms with Gasteiger partial charge in [-0.2, -0.15) is 0 Å². The molecule has 1 aliphatic heterocycles. The van der Waals surface area contributed by atoms with Crippen molar-refractivity contribution < 1.29 is 9.90 Å². The zero-order chi connectivity index (χ0) is 6.85. The van der Waals surface area contributed by atoms with E-state index in [1.54, 1.807) is 0 Å². The lowest BCUT2D eigenvalue weighted by Gasteiger charge is -2.09. The molecule has 1 aliphatic rings. The largest absolute Gasteiger partial charge is 0.480 e. The third kappa shape index (κ3) is 1.34. The second-order valence-corrected chi connectivity index (χ2v) is 2.55. The molecule has 1 rings (SSSR count). The van der Waals surface area contributed by atoms with Crippen LogP contribution in [0.2, 0.25) is 0 Å². The van der Waals surface area contributed by atoms with Crippen LogP contribution in [-0.4, -0.2) is 28.1 Å². The maximum absolute atomic E-state index is 10.3. The van der Waals surface area contributed by atoms with Crippen LogP contribution in [-0.2, 0) is 4.79 Å². The molecule has 0 aliphatic carbocycles. The zero-order valence-corrected chi connectivity index (χ0v) is 5.64. The molecular formula is C5H8ClNO2. The summed E-state index contributed by atoms with van der Waals surface area (Å²) in [4.78, 5) is 10.3. The Balaban J connectivity index is 2.49. The topological polar surface area (TPSA) is 40.5 Å². The minimum atomic E-state index is -0.817. The fourth-order valence-electron chi connectivity index (χ4n) is 0.975. The molecule has 0 saturated carbocycles. The van der Waals surface area contributed by atoms with Gasteiger partial charge in [-0.1, -0.05) is 0 Å². The van der Waals surface area contributed by atoms with E-state index in [0.29, 0.717) is 13.0 Å². The molecule has 1 fully saturated rings. The van der Waals surface area contributed by atoms with E-state index in [0.717, 1.165) is 6.42 Å². The number of nitrogens with zero attached hydrogens (tertiary/aromatic N) is 1. The minimum absolute atomic E-state index is 0.452. The summed E-state index contributed by atoms with van der Waals surface area (Å²) in [5, 5.41) is 8.46. The van der Waals surface area contributed by atoms with Gasteiger partial charge in [0.1, 0.15) is 6.04 Å². The first-order valence-electron chi connectivity index (χ1n) is 2.87. The number of halogens is 1. The molecule has 4 heteroatoms. The van der Waals surface area contributed by atoms with Crippen molar-refractivity contribution >= 4 is 17.7 Å². The second-order valence-electron chi connectivity index (χ2n) is 2.12. The first kappa shape index (κ1) is 6.83. The summed E-state index contributed by atoms with van der Waals surface area (Å²) in [6.07, 6.45) is 1.57. The average molecular weight is 150 g/mol. The van der Waals surface area contributed by atoms with E-state index < -0.39 is 12.0 Å². The highest BCUT2D eigenvalue weighted by molar-refractivity contribution is 6.14. The zero-order valence-electron chi connectivity index (χ0n) is 4.88. The van der Waals surface area contributed by atoms with Crippen molar-refractivity contribution in [2.75, 3.05) is 6.54 Å². The molecule has 52 valence electrons. The van der Waals surface area contributed by atoms with Gasteiger partial charge in [-0.05, 0) is 24.6 Å². The lowest BCUT2D eigenvalue weighted by Crippen LogP contribution is -2.28. The average Bonchev–Trinajstić information content (AvgIpc) is 2.13. The van der Waals surface area contributed by atoms with Crippen LogP contribution in [0.15, 0.2) is 0 Å². The van der Waals surface area contributed by atoms with E-state index in [4.69, 9.17) is 16.9 Å². The fourth-order valence-corrected chi connectivity index (χ4v) is 1.28. The lowest BCUT2D eigenvalue weighted by atomic mass is 10.2. The van der Waals surface area contributed by atoms with Crippen LogP contribution in [0.25, 0.3) is 0 Å². The van der Waals surface area contributed by atoms with Crippen LogP contribution in [0, 0.1) is 0 Å². The molecule has 0 unspecified atom stereocenters. The highest BCUT2D eigenvalue weighted by Gasteiger charge is 2.28. The van der Waals surface area contributed by atoms with Crippen molar-refractivity contribution in [1.82, 2.24) is 4.42 Å². The Hall–Kier alpha value is -0.280.